The van der Waals surface area contributed by atoms with Crippen LogP contribution in [0.2, 0.25) is 0 Å². The van der Waals surface area contributed by atoms with E-state index < -0.39 is 5.97 Å². The molecule has 1 N–H and O–H groups in total. The lowest BCUT2D eigenvalue weighted by Gasteiger charge is -2.30. The van der Waals surface area contributed by atoms with E-state index >= 15 is 0 Å². The summed E-state index contributed by atoms with van der Waals surface area (Å²) in [4.78, 5) is 25.4. The summed E-state index contributed by atoms with van der Waals surface area (Å²) in [5, 5.41) is 8.57. The van der Waals surface area contributed by atoms with E-state index in [9.17, 15) is 9.59 Å². The zero-order valence-corrected chi connectivity index (χ0v) is 9.86. The van der Waals surface area contributed by atoms with E-state index in [2.05, 4.69) is 0 Å². The highest BCUT2D eigenvalue weighted by atomic mass is 16.4. The Bertz CT molecular complexity index is 229. The standard InChI is InChI=1S/C10H20N2O3/c1-5-11(4)10(15)12(8(2)3)7-6-9(13)14/h8H,5-7H2,1-4H3,(H,13,14). The summed E-state index contributed by atoms with van der Waals surface area (Å²) in [6.07, 6.45) is -0.0124. The van der Waals surface area contributed by atoms with E-state index in [-0.39, 0.29) is 25.0 Å². The fraction of sp³-hybridized carbons (Fsp3) is 0.800. The third kappa shape index (κ3) is 4.67. The van der Waals surface area contributed by atoms with Crippen LogP contribution in [0.4, 0.5) is 4.79 Å². The number of carbonyl (C=O) groups is 2. The largest absolute Gasteiger partial charge is 0.481 e. The van der Waals surface area contributed by atoms with Crippen molar-refractivity contribution in [3.05, 3.63) is 0 Å². The highest BCUT2D eigenvalue weighted by Crippen LogP contribution is 2.04. The molecule has 0 unspecified atom stereocenters. The molecule has 0 radical (unpaired) electrons. The van der Waals surface area contributed by atoms with Crippen LogP contribution in [-0.4, -0.2) is 53.1 Å². The normalized spacial score (nSPS) is 10.2. The van der Waals surface area contributed by atoms with Gasteiger partial charge in [0.25, 0.3) is 0 Å². The van der Waals surface area contributed by atoms with Gasteiger partial charge in [-0.3, -0.25) is 4.79 Å². The highest BCUT2D eigenvalue weighted by molar-refractivity contribution is 5.75. The number of hydrogen-bond acceptors (Lipinski definition) is 2. The van der Waals surface area contributed by atoms with Crippen molar-refractivity contribution in [2.24, 2.45) is 0 Å². The van der Waals surface area contributed by atoms with E-state index in [1.54, 1.807) is 16.8 Å². The van der Waals surface area contributed by atoms with Crippen molar-refractivity contribution in [1.82, 2.24) is 9.80 Å². The highest BCUT2D eigenvalue weighted by Gasteiger charge is 2.20. The summed E-state index contributed by atoms with van der Waals surface area (Å²) in [6, 6.07) is -0.0976. The van der Waals surface area contributed by atoms with Gasteiger partial charge in [0.15, 0.2) is 0 Å². The van der Waals surface area contributed by atoms with Crippen molar-refractivity contribution in [3.63, 3.8) is 0 Å². The molecule has 0 aromatic rings. The fourth-order valence-electron chi connectivity index (χ4n) is 1.15. The van der Waals surface area contributed by atoms with Gasteiger partial charge in [0, 0.05) is 26.2 Å². The molecule has 0 aliphatic carbocycles. The Morgan fingerprint density at radius 2 is 1.87 bits per heavy atom. The molecular weight excluding hydrogens is 196 g/mol. The van der Waals surface area contributed by atoms with Crippen LogP contribution in [0, 0.1) is 0 Å². The molecule has 15 heavy (non-hydrogen) atoms. The third-order valence-corrected chi connectivity index (χ3v) is 2.24. The Hall–Kier alpha value is -1.26. The molecule has 0 aromatic heterocycles. The summed E-state index contributed by atoms with van der Waals surface area (Å²) in [5.41, 5.74) is 0. The third-order valence-electron chi connectivity index (χ3n) is 2.24. The summed E-state index contributed by atoms with van der Waals surface area (Å²) in [6.45, 7) is 6.52. The van der Waals surface area contributed by atoms with Crippen LogP contribution in [0.3, 0.4) is 0 Å². The summed E-state index contributed by atoms with van der Waals surface area (Å²) < 4.78 is 0. The molecule has 0 atom stereocenters. The van der Waals surface area contributed by atoms with Gasteiger partial charge in [0.1, 0.15) is 0 Å². The van der Waals surface area contributed by atoms with E-state index in [0.717, 1.165) is 0 Å². The molecule has 0 bridgehead atoms. The van der Waals surface area contributed by atoms with Crippen LogP contribution < -0.4 is 0 Å². The minimum absolute atomic E-state index is 0.0124. The molecule has 88 valence electrons. The van der Waals surface area contributed by atoms with Gasteiger partial charge in [-0.25, -0.2) is 4.79 Å². The van der Waals surface area contributed by atoms with Crippen molar-refractivity contribution in [3.8, 4) is 0 Å². The molecule has 0 aliphatic heterocycles. The van der Waals surface area contributed by atoms with Gasteiger partial charge >= 0.3 is 12.0 Å². The predicted octanol–water partition coefficient (Wildman–Crippen LogP) is 1.24. The van der Waals surface area contributed by atoms with Gasteiger partial charge in [-0.05, 0) is 20.8 Å². The van der Waals surface area contributed by atoms with Crippen LogP contribution in [-0.2, 0) is 4.79 Å². The maximum atomic E-state index is 11.8. The number of amides is 2. The lowest BCUT2D eigenvalue weighted by atomic mass is 10.3. The second kappa shape index (κ2) is 6.27. The first kappa shape index (κ1) is 13.7. The molecule has 0 spiro atoms. The number of nitrogens with zero attached hydrogens (tertiary/aromatic N) is 2. The maximum absolute atomic E-state index is 11.8. The molecular formula is C10H20N2O3. The van der Waals surface area contributed by atoms with Gasteiger partial charge in [0.05, 0.1) is 6.42 Å². The number of carbonyl (C=O) groups excluding carboxylic acids is 1. The molecule has 0 aliphatic rings. The summed E-state index contributed by atoms with van der Waals surface area (Å²) in [5.74, 6) is -0.882. The van der Waals surface area contributed by atoms with Crippen LogP contribution in [0.5, 0.6) is 0 Å². The van der Waals surface area contributed by atoms with Crippen LogP contribution in [0.25, 0.3) is 0 Å². The molecule has 0 saturated heterocycles. The van der Waals surface area contributed by atoms with E-state index in [1.165, 1.54) is 0 Å². The number of carboxylic acids is 1. The quantitative estimate of drug-likeness (QED) is 0.752. The second-order valence-corrected chi connectivity index (χ2v) is 3.73. The van der Waals surface area contributed by atoms with Gasteiger partial charge in [-0.15, -0.1) is 0 Å². The Balaban J connectivity index is 4.38. The Kier molecular flexibility index (Phi) is 5.74. The van der Waals surface area contributed by atoms with Crippen molar-refractivity contribution in [2.45, 2.75) is 33.2 Å². The minimum atomic E-state index is -0.882. The molecule has 0 rings (SSSR count). The van der Waals surface area contributed by atoms with Crippen molar-refractivity contribution in [1.29, 1.82) is 0 Å². The monoisotopic (exact) mass is 216 g/mol. The van der Waals surface area contributed by atoms with Gasteiger partial charge in [0.2, 0.25) is 0 Å². The van der Waals surface area contributed by atoms with Crippen LogP contribution in [0.15, 0.2) is 0 Å². The first-order valence-electron chi connectivity index (χ1n) is 5.13. The Morgan fingerprint density at radius 3 is 2.20 bits per heavy atom. The van der Waals surface area contributed by atoms with E-state index in [0.29, 0.717) is 6.54 Å². The predicted molar refractivity (Wildman–Crippen MR) is 57.8 cm³/mol. The molecule has 0 aromatic carbocycles. The molecule has 0 saturated carbocycles. The molecule has 5 nitrogen and oxygen atoms in total. The zero-order chi connectivity index (χ0) is 12.0. The molecule has 5 heteroatoms. The number of rotatable bonds is 5. The molecule has 0 fully saturated rings. The van der Waals surface area contributed by atoms with Crippen LogP contribution >= 0.6 is 0 Å². The SMILES string of the molecule is CCN(C)C(=O)N(CCC(=O)O)C(C)C. The van der Waals surface area contributed by atoms with Gasteiger partial charge < -0.3 is 14.9 Å². The van der Waals surface area contributed by atoms with Crippen LogP contribution in [0.1, 0.15) is 27.2 Å². The van der Waals surface area contributed by atoms with Crippen molar-refractivity contribution < 1.29 is 14.7 Å². The number of urea groups is 1. The lowest BCUT2D eigenvalue weighted by molar-refractivity contribution is -0.137. The Morgan fingerprint density at radius 1 is 1.33 bits per heavy atom. The number of aliphatic carboxylic acids is 1. The fourth-order valence-corrected chi connectivity index (χ4v) is 1.15. The van der Waals surface area contributed by atoms with Crippen molar-refractivity contribution >= 4 is 12.0 Å². The lowest BCUT2D eigenvalue weighted by Crippen LogP contribution is -2.45. The minimum Gasteiger partial charge on any atom is -0.481 e. The van der Waals surface area contributed by atoms with Gasteiger partial charge in [-0.1, -0.05) is 0 Å². The van der Waals surface area contributed by atoms with E-state index in [1.807, 2.05) is 20.8 Å². The first-order chi connectivity index (χ1) is 6.90. The summed E-state index contributed by atoms with van der Waals surface area (Å²) in [7, 11) is 1.71. The topological polar surface area (TPSA) is 60.9 Å². The molecule has 0 heterocycles. The number of hydrogen-bond donors (Lipinski definition) is 1. The zero-order valence-electron chi connectivity index (χ0n) is 9.86. The smallest absolute Gasteiger partial charge is 0.319 e. The average Bonchev–Trinajstić information content (AvgIpc) is 2.15. The van der Waals surface area contributed by atoms with Crippen molar-refractivity contribution in [2.75, 3.05) is 20.1 Å². The second-order valence-electron chi connectivity index (χ2n) is 3.73. The molecule has 2 amide bonds. The maximum Gasteiger partial charge on any atom is 0.319 e. The van der Waals surface area contributed by atoms with E-state index in [4.69, 9.17) is 5.11 Å². The Labute approximate surface area is 90.7 Å². The van der Waals surface area contributed by atoms with Gasteiger partial charge in [-0.2, -0.15) is 0 Å². The average molecular weight is 216 g/mol. The first-order valence-corrected chi connectivity index (χ1v) is 5.13. The summed E-state index contributed by atoms with van der Waals surface area (Å²) >= 11 is 0. The number of carboxylic acid groups (broad SMARTS) is 1.